The molecule has 0 aliphatic heterocycles. The normalized spacial score (nSPS) is 36.0. The Labute approximate surface area is 150 Å². The highest BCUT2D eigenvalue weighted by atomic mass is 16.6. The highest BCUT2D eigenvalue weighted by Crippen LogP contribution is 2.44. The molecule has 6 nitrogen and oxygen atoms in total. The largest absolute Gasteiger partial charge is 0.390 e. The molecule has 4 bridgehead atoms. The Kier molecular flexibility index (Phi) is 4.34. The highest BCUT2D eigenvalue weighted by molar-refractivity contribution is 5.99. The van der Waals surface area contributed by atoms with Crippen molar-refractivity contribution in [2.75, 3.05) is 0 Å². The van der Waals surface area contributed by atoms with Gasteiger partial charge in [0, 0.05) is 12.2 Å². The van der Waals surface area contributed by atoms with Crippen molar-refractivity contribution in [1.29, 1.82) is 0 Å². The number of carbonyl (C=O) groups is 4. The fourth-order valence-electron chi connectivity index (χ4n) is 4.66. The summed E-state index contributed by atoms with van der Waals surface area (Å²) in [6, 6.07) is 0. The Bertz CT molecular complexity index is 683. The van der Waals surface area contributed by atoms with Crippen LogP contribution in [-0.4, -0.2) is 23.9 Å². The Balaban J connectivity index is 1.23. The van der Waals surface area contributed by atoms with Gasteiger partial charge in [-0.1, -0.05) is 24.3 Å². The van der Waals surface area contributed by atoms with E-state index < -0.39 is 23.9 Å². The van der Waals surface area contributed by atoms with Crippen molar-refractivity contribution < 1.29 is 28.7 Å². The number of fused-ring (bicyclic) bond motifs is 4. The first kappa shape index (κ1) is 16.9. The maximum Gasteiger partial charge on any atom is 0.338 e. The first-order valence-corrected chi connectivity index (χ1v) is 9.05. The van der Waals surface area contributed by atoms with Crippen molar-refractivity contribution in [1.82, 2.24) is 0 Å². The Morgan fingerprint density at radius 3 is 1.38 bits per heavy atom. The van der Waals surface area contributed by atoms with Crippen LogP contribution in [0.15, 0.2) is 36.5 Å². The molecule has 2 fully saturated rings. The summed E-state index contributed by atoms with van der Waals surface area (Å²) < 4.78 is 9.56. The van der Waals surface area contributed by atoms with Crippen LogP contribution in [-0.2, 0) is 28.7 Å². The summed E-state index contributed by atoms with van der Waals surface area (Å²) >= 11 is 0. The molecule has 6 unspecified atom stereocenters. The fourth-order valence-corrected chi connectivity index (χ4v) is 4.66. The molecule has 0 saturated heterocycles. The van der Waals surface area contributed by atoms with Crippen molar-refractivity contribution in [2.45, 2.75) is 25.7 Å². The maximum absolute atomic E-state index is 12.0. The van der Waals surface area contributed by atoms with Gasteiger partial charge in [0.05, 0.1) is 11.8 Å². The first-order chi connectivity index (χ1) is 12.5. The zero-order valence-corrected chi connectivity index (χ0v) is 14.2. The van der Waals surface area contributed by atoms with Crippen LogP contribution in [0, 0.1) is 35.5 Å². The number of carbonyl (C=O) groups excluding carboxylic acids is 4. The van der Waals surface area contributed by atoms with E-state index >= 15 is 0 Å². The van der Waals surface area contributed by atoms with Crippen LogP contribution in [0.1, 0.15) is 25.7 Å². The van der Waals surface area contributed by atoms with Crippen molar-refractivity contribution in [3.63, 3.8) is 0 Å². The van der Waals surface area contributed by atoms with Gasteiger partial charge in [0.25, 0.3) is 0 Å². The lowest BCUT2D eigenvalue weighted by Crippen LogP contribution is -2.24. The molecule has 4 aliphatic rings. The van der Waals surface area contributed by atoms with E-state index in [0.717, 1.165) is 25.0 Å². The van der Waals surface area contributed by atoms with Gasteiger partial charge in [-0.15, -0.1) is 0 Å². The average molecular weight is 356 g/mol. The van der Waals surface area contributed by atoms with Gasteiger partial charge in [0.1, 0.15) is 0 Å². The molecule has 6 heteroatoms. The van der Waals surface area contributed by atoms with Gasteiger partial charge in [-0.2, -0.15) is 0 Å². The topological polar surface area (TPSA) is 86.7 Å². The third kappa shape index (κ3) is 3.28. The van der Waals surface area contributed by atoms with Gasteiger partial charge in [-0.05, 0) is 49.4 Å². The number of esters is 4. The summed E-state index contributed by atoms with van der Waals surface area (Å²) in [7, 11) is 0. The van der Waals surface area contributed by atoms with Crippen LogP contribution in [0.3, 0.4) is 0 Å². The molecule has 26 heavy (non-hydrogen) atoms. The first-order valence-electron chi connectivity index (χ1n) is 9.05. The van der Waals surface area contributed by atoms with E-state index in [2.05, 4.69) is 12.2 Å². The predicted octanol–water partition coefficient (Wildman–Crippen LogP) is 2.11. The van der Waals surface area contributed by atoms with Crippen molar-refractivity contribution in [3.05, 3.63) is 36.5 Å². The van der Waals surface area contributed by atoms with Crippen molar-refractivity contribution in [3.8, 4) is 0 Å². The van der Waals surface area contributed by atoms with Crippen LogP contribution >= 0.6 is 0 Å². The van der Waals surface area contributed by atoms with E-state index in [-0.39, 0.29) is 23.7 Å². The molecular weight excluding hydrogens is 336 g/mol. The van der Waals surface area contributed by atoms with E-state index in [4.69, 9.17) is 9.47 Å². The van der Waals surface area contributed by atoms with Crippen LogP contribution in [0.5, 0.6) is 0 Å². The van der Waals surface area contributed by atoms with Crippen molar-refractivity contribution in [2.24, 2.45) is 35.5 Å². The molecular formula is C20H20O6. The molecule has 0 heterocycles. The molecule has 0 spiro atoms. The van der Waals surface area contributed by atoms with Gasteiger partial charge in [0.2, 0.25) is 0 Å². The Morgan fingerprint density at radius 1 is 0.654 bits per heavy atom. The minimum Gasteiger partial charge on any atom is -0.390 e. The lowest BCUT2D eigenvalue weighted by atomic mass is 9.94. The highest BCUT2D eigenvalue weighted by Gasteiger charge is 2.42. The Hall–Kier alpha value is -2.50. The SMILES string of the molecule is O=C(C=CC(=O)OC(=O)C1CC2C=CC1C2)OC(=O)C1CC2C=CC1C2. The third-order valence-electron chi connectivity index (χ3n) is 5.92. The zero-order chi connectivity index (χ0) is 18.3. The Morgan fingerprint density at radius 2 is 1.08 bits per heavy atom. The number of ether oxygens (including phenoxy) is 2. The molecule has 0 aromatic carbocycles. The van der Waals surface area contributed by atoms with Gasteiger partial charge < -0.3 is 9.47 Å². The van der Waals surface area contributed by atoms with Crippen LogP contribution in [0.4, 0.5) is 0 Å². The summed E-state index contributed by atoms with van der Waals surface area (Å²) in [6.07, 6.45) is 13.1. The summed E-state index contributed by atoms with van der Waals surface area (Å²) in [6.45, 7) is 0. The fraction of sp³-hybridized carbons (Fsp3) is 0.500. The molecule has 6 atom stereocenters. The van der Waals surface area contributed by atoms with Crippen molar-refractivity contribution >= 4 is 23.9 Å². The molecule has 0 aromatic rings. The van der Waals surface area contributed by atoms with Gasteiger partial charge >= 0.3 is 23.9 Å². The molecule has 4 rings (SSSR count). The predicted molar refractivity (Wildman–Crippen MR) is 89.0 cm³/mol. The summed E-state index contributed by atoms with van der Waals surface area (Å²) in [4.78, 5) is 47.5. The van der Waals surface area contributed by atoms with Gasteiger partial charge in [-0.3, -0.25) is 9.59 Å². The quantitative estimate of drug-likeness (QED) is 0.332. The average Bonchev–Trinajstić information content (AvgIpc) is 3.39. The maximum atomic E-state index is 12.0. The zero-order valence-electron chi connectivity index (χ0n) is 14.2. The second-order valence-electron chi connectivity index (χ2n) is 7.59. The minimum atomic E-state index is -0.922. The molecule has 0 radical (unpaired) electrons. The molecule has 136 valence electrons. The lowest BCUT2D eigenvalue weighted by molar-refractivity contribution is -0.162. The van der Waals surface area contributed by atoms with E-state index in [9.17, 15) is 19.2 Å². The molecule has 0 aromatic heterocycles. The molecule has 2 saturated carbocycles. The second kappa shape index (κ2) is 6.67. The summed E-state index contributed by atoms with van der Waals surface area (Å²) in [5.41, 5.74) is 0. The van der Waals surface area contributed by atoms with E-state index in [1.54, 1.807) is 0 Å². The minimum absolute atomic E-state index is 0.141. The lowest BCUT2D eigenvalue weighted by Gasteiger charge is -2.15. The van der Waals surface area contributed by atoms with E-state index in [0.29, 0.717) is 24.7 Å². The molecule has 0 amide bonds. The third-order valence-corrected chi connectivity index (χ3v) is 5.92. The number of hydrogen-bond donors (Lipinski definition) is 0. The molecule has 0 N–H and O–H groups in total. The summed E-state index contributed by atoms with van der Waals surface area (Å²) in [5.74, 6) is -2.48. The van der Waals surface area contributed by atoms with E-state index in [1.165, 1.54) is 0 Å². The van der Waals surface area contributed by atoms with Gasteiger partial charge in [0.15, 0.2) is 0 Å². The second-order valence-corrected chi connectivity index (χ2v) is 7.59. The van der Waals surface area contributed by atoms with Gasteiger partial charge in [-0.25, -0.2) is 9.59 Å². The number of allylic oxidation sites excluding steroid dienone is 4. The summed E-state index contributed by atoms with van der Waals surface area (Å²) in [5, 5.41) is 0. The number of hydrogen-bond acceptors (Lipinski definition) is 6. The van der Waals surface area contributed by atoms with Crippen LogP contribution in [0.25, 0.3) is 0 Å². The smallest absolute Gasteiger partial charge is 0.338 e. The monoisotopic (exact) mass is 356 g/mol. The number of rotatable bonds is 4. The van der Waals surface area contributed by atoms with Crippen LogP contribution in [0.2, 0.25) is 0 Å². The standard InChI is InChI=1S/C20H20O6/c21-17(25-19(23)15-9-11-1-3-13(15)7-11)5-6-18(22)26-20(24)16-10-12-2-4-14(16)8-12/h1-6,11-16H,7-10H2. The van der Waals surface area contributed by atoms with E-state index in [1.807, 2.05) is 12.2 Å². The molecule has 4 aliphatic carbocycles. The van der Waals surface area contributed by atoms with Crippen LogP contribution < -0.4 is 0 Å².